The van der Waals surface area contributed by atoms with Crippen molar-refractivity contribution >= 4 is 5.97 Å². The van der Waals surface area contributed by atoms with Crippen molar-refractivity contribution in [3.8, 4) is 11.5 Å². The van der Waals surface area contributed by atoms with Crippen molar-refractivity contribution in [2.24, 2.45) is 0 Å². The van der Waals surface area contributed by atoms with Crippen LogP contribution in [-0.2, 0) is 9.53 Å². The van der Waals surface area contributed by atoms with Gasteiger partial charge in [-0.05, 0) is 37.5 Å². The van der Waals surface area contributed by atoms with Gasteiger partial charge in [-0.25, -0.2) is 0 Å². The first-order valence-corrected chi connectivity index (χ1v) is 7.25. The number of aryl methyl sites for hydroxylation is 1. The van der Waals surface area contributed by atoms with Crippen LogP contribution in [0.2, 0.25) is 0 Å². The van der Waals surface area contributed by atoms with Gasteiger partial charge >= 0.3 is 5.97 Å². The molecule has 0 radical (unpaired) electrons. The zero-order valence-corrected chi connectivity index (χ0v) is 12.8. The van der Waals surface area contributed by atoms with Gasteiger partial charge in [0, 0.05) is 12.5 Å². The molecular weight excluding hydrogens is 270 g/mol. The molecule has 21 heavy (non-hydrogen) atoms. The molecule has 0 spiro atoms. The van der Waals surface area contributed by atoms with E-state index in [1.165, 1.54) is 7.11 Å². The Kier molecular flexibility index (Phi) is 5.44. The molecule has 1 aromatic rings. The summed E-state index contributed by atoms with van der Waals surface area (Å²) < 4.78 is 15.9. The maximum absolute atomic E-state index is 11.7. The standard InChI is InChI=1S/C16H23NO4/c1-11-4-7-14(15(10-11)19-2)21-9-8-13(16(18)20-3)17-12-5-6-12/h4,7,10,12-13,17H,5-6,8-9H2,1-3H3. The molecule has 1 aliphatic rings. The minimum Gasteiger partial charge on any atom is -0.493 e. The number of nitrogens with one attached hydrogen (secondary N) is 1. The van der Waals surface area contributed by atoms with Crippen LogP contribution < -0.4 is 14.8 Å². The summed E-state index contributed by atoms with van der Waals surface area (Å²) in [5.74, 6) is 1.17. The molecular formula is C16H23NO4. The van der Waals surface area contributed by atoms with E-state index in [1.54, 1.807) is 7.11 Å². The molecule has 1 N–H and O–H groups in total. The Morgan fingerprint density at radius 3 is 2.71 bits per heavy atom. The van der Waals surface area contributed by atoms with Gasteiger partial charge in [-0.1, -0.05) is 6.07 Å². The zero-order chi connectivity index (χ0) is 15.2. The Morgan fingerprint density at radius 2 is 2.10 bits per heavy atom. The van der Waals surface area contributed by atoms with E-state index < -0.39 is 0 Å². The monoisotopic (exact) mass is 293 g/mol. The van der Waals surface area contributed by atoms with E-state index in [0.717, 1.165) is 18.4 Å². The molecule has 1 atom stereocenters. The minimum atomic E-state index is -0.307. The van der Waals surface area contributed by atoms with Gasteiger partial charge in [0.1, 0.15) is 6.04 Å². The van der Waals surface area contributed by atoms with Crippen LogP contribution in [0.5, 0.6) is 11.5 Å². The van der Waals surface area contributed by atoms with Gasteiger partial charge in [-0.15, -0.1) is 0 Å². The molecule has 0 aromatic heterocycles. The fraction of sp³-hybridized carbons (Fsp3) is 0.562. The number of esters is 1. The van der Waals surface area contributed by atoms with E-state index >= 15 is 0 Å². The molecule has 1 fully saturated rings. The molecule has 5 nitrogen and oxygen atoms in total. The molecule has 0 aliphatic heterocycles. The molecule has 1 aliphatic carbocycles. The third-order valence-corrected chi connectivity index (χ3v) is 3.48. The summed E-state index contributed by atoms with van der Waals surface area (Å²) in [5.41, 5.74) is 1.11. The number of carbonyl (C=O) groups is 1. The second-order valence-corrected chi connectivity index (χ2v) is 5.31. The highest BCUT2D eigenvalue weighted by molar-refractivity contribution is 5.75. The lowest BCUT2D eigenvalue weighted by molar-refractivity contribution is -0.143. The minimum absolute atomic E-state index is 0.235. The summed E-state index contributed by atoms with van der Waals surface area (Å²) in [6.07, 6.45) is 2.82. The van der Waals surface area contributed by atoms with Gasteiger partial charge in [-0.3, -0.25) is 4.79 Å². The number of ether oxygens (including phenoxy) is 3. The van der Waals surface area contributed by atoms with Crippen molar-refractivity contribution in [1.82, 2.24) is 5.32 Å². The first-order chi connectivity index (χ1) is 10.1. The quantitative estimate of drug-likeness (QED) is 0.744. The van der Waals surface area contributed by atoms with Crippen molar-refractivity contribution in [3.63, 3.8) is 0 Å². The fourth-order valence-electron chi connectivity index (χ4n) is 2.13. The maximum atomic E-state index is 11.7. The molecule has 0 heterocycles. The summed E-state index contributed by atoms with van der Waals surface area (Å²) >= 11 is 0. The molecule has 2 rings (SSSR count). The zero-order valence-electron chi connectivity index (χ0n) is 12.8. The first kappa shape index (κ1) is 15.6. The molecule has 0 bridgehead atoms. The van der Waals surface area contributed by atoms with Crippen molar-refractivity contribution in [2.45, 2.75) is 38.3 Å². The molecule has 1 aromatic carbocycles. The Balaban J connectivity index is 1.87. The van der Waals surface area contributed by atoms with E-state index in [1.807, 2.05) is 25.1 Å². The van der Waals surface area contributed by atoms with Crippen molar-refractivity contribution in [1.29, 1.82) is 0 Å². The summed E-state index contributed by atoms with van der Waals surface area (Å²) in [5, 5.41) is 3.28. The van der Waals surface area contributed by atoms with Crippen LogP contribution in [0.15, 0.2) is 18.2 Å². The number of hydrogen-bond donors (Lipinski definition) is 1. The normalized spacial score (nSPS) is 15.4. The highest BCUT2D eigenvalue weighted by atomic mass is 16.5. The number of hydrogen-bond acceptors (Lipinski definition) is 5. The average molecular weight is 293 g/mol. The highest BCUT2D eigenvalue weighted by Gasteiger charge is 2.28. The molecule has 0 saturated heterocycles. The number of benzene rings is 1. The Morgan fingerprint density at radius 1 is 1.33 bits per heavy atom. The average Bonchev–Trinajstić information content (AvgIpc) is 3.30. The van der Waals surface area contributed by atoms with E-state index in [4.69, 9.17) is 14.2 Å². The molecule has 5 heteroatoms. The largest absolute Gasteiger partial charge is 0.493 e. The van der Waals surface area contributed by atoms with Gasteiger partial charge in [0.25, 0.3) is 0 Å². The Labute approximate surface area is 125 Å². The van der Waals surface area contributed by atoms with Crippen LogP contribution in [0.4, 0.5) is 0 Å². The van der Waals surface area contributed by atoms with E-state index in [9.17, 15) is 4.79 Å². The van der Waals surface area contributed by atoms with E-state index in [-0.39, 0.29) is 12.0 Å². The second-order valence-electron chi connectivity index (χ2n) is 5.31. The van der Waals surface area contributed by atoms with Crippen LogP contribution >= 0.6 is 0 Å². The van der Waals surface area contributed by atoms with Gasteiger partial charge in [-0.2, -0.15) is 0 Å². The lowest BCUT2D eigenvalue weighted by Crippen LogP contribution is -2.40. The summed E-state index contributed by atoms with van der Waals surface area (Å²) in [4.78, 5) is 11.7. The Hall–Kier alpha value is -1.75. The van der Waals surface area contributed by atoms with Crippen molar-refractivity contribution in [3.05, 3.63) is 23.8 Å². The summed E-state index contributed by atoms with van der Waals surface area (Å²) in [7, 11) is 3.03. The lowest BCUT2D eigenvalue weighted by Gasteiger charge is -2.17. The number of rotatable bonds is 8. The number of carbonyl (C=O) groups excluding carboxylic acids is 1. The van der Waals surface area contributed by atoms with Gasteiger partial charge in [0.05, 0.1) is 20.8 Å². The van der Waals surface area contributed by atoms with E-state index in [0.29, 0.717) is 30.6 Å². The third-order valence-electron chi connectivity index (χ3n) is 3.48. The van der Waals surface area contributed by atoms with Crippen molar-refractivity contribution in [2.75, 3.05) is 20.8 Å². The maximum Gasteiger partial charge on any atom is 0.322 e. The van der Waals surface area contributed by atoms with E-state index in [2.05, 4.69) is 5.32 Å². The summed E-state index contributed by atoms with van der Waals surface area (Å²) in [6.45, 7) is 2.43. The van der Waals surface area contributed by atoms with Crippen LogP contribution in [0, 0.1) is 6.92 Å². The molecule has 1 unspecified atom stereocenters. The second kappa shape index (κ2) is 7.31. The smallest absolute Gasteiger partial charge is 0.322 e. The van der Waals surface area contributed by atoms with Crippen LogP contribution in [0.3, 0.4) is 0 Å². The van der Waals surface area contributed by atoms with Crippen LogP contribution in [-0.4, -0.2) is 38.9 Å². The number of methoxy groups -OCH3 is 2. The predicted octanol–water partition coefficient (Wildman–Crippen LogP) is 2.07. The molecule has 1 saturated carbocycles. The molecule has 0 amide bonds. The topological polar surface area (TPSA) is 56.8 Å². The predicted molar refractivity (Wildman–Crippen MR) is 79.8 cm³/mol. The van der Waals surface area contributed by atoms with Gasteiger partial charge in [0.15, 0.2) is 11.5 Å². The van der Waals surface area contributed by atoms with Gasteiger partial charge in [0.2, 0.25) is 0 Å². The fourth-order valence-corrected chi connectivity index (χ4v) is 2.13. The van der Waals surface area contributed by atoms with Crippen LogP contribution in [0.1, 0.15) is 24.8 Å². The highest BCUT2D eigenvalue weighted by Crippen LogP contribution is 2.28. The van der Waals surface area contributed by atoms with Crippen molar-refractivity contribution < 1.29 is 19.0 Å². The third kappa shape index (κ3) is 4.63. The first-order valence-electron chi connectivity index (χ1n) is 7.25. The van der Waals surface area contributed by atoms with Gasteiger partial charge < -0.3 is 19.5 Å². The van der Waals surface area contributed by atoms with Crippen LogP contribution in [0.25, 0.3) is 0 Å². The SMILES string of the molecule is COC(=O)C(CCOc1ccc(C)cc1OC)NC1CC1. The molecule has 116 valence electrons. The Bertz CT molecular complexity index is 485. The lowest BCUT2D eigenvalue weighted by atomic mass is 10.2. The summed E-state index contributed by atoms with van der Waals surface area (Å²) in [6, 6.07) is 5.92.